The molecule has 0 aliphatic rings. The van der Waals surface area contributed by atoms with Gasteiger partial charge in [-0.2, -0.15) is 5.10 Å². The van der Waals surface area contributed by atoms with Crippen molar-refractivity contribution in [3.8, 4) is 0 Å². The van der Waals surface area contributed by atoms with Crippen molar-refractivity contribution in [3.05, 3.63) is 47.3 Å². The highest BCUT2D eigenvalue weighted by Crippen LogP contribution is 2.15. The third-order valence-electron chi connectivity index (χ3n) is 3.05. The van der Waals surface area contributed by atoms with Gasteiger partial charge < -0.3 is 16.3 Å². The van der Waals surface area contributed by atoms with Gasteiger partial charge in [0.15, 0.2) is 11.5 Å². The third kappa shape index (κ3) is 3.19. The molecule has 0 aliphatic heterocycles. The summed E-state index contributed by atoms with van der Waals surface area (Å²) in [5, 5.41) is 7.67. The molecule has 7 heteroatoms. The van der Waals surface area contributed by atoms with Crippen LogP contribution in [-0.4, -0.2) is 21.6 Å². The molecular weight excluding hydrogens is 270 g/mol. The van der Waals surface area contributed by atoms with Crippen molar-refractivity contribution < 1.29 is 9.63 Å². The predicted molar refractivity (Wildman–Crippen MR) is 79.6 cm³/mol. The second kappa shape index (κ2) is 6.08. The van der Waals surface area contributed by atoms with Crippen molar-refractivity contribution in [1.82, 2.24) is 9.78 Å². The summed E-state index contributed by atoms with van der Waals surface area (Å²) in [5.41, 5.74) is 13.8. The van der Waals surface area contributed by atoms with E-state index in [4.69, 9.17) is 16.3 Å². The highest BCUT2D eigenvalue weighted by atomic mass is 16.7. The zero-order chi connectivity index (χ0) is 15.4. The largest absolute Gasteiger partial charge is 0.398 e. The lowest BCUT2D eigenvalue weighted by atomic mass is 10.1. The molecule has 1 aromatic heterocycles. The minimum atomic E-state index is -0.660. The number of aryl methyl sites for hydroxylation is 1. The van der Waals surface area contributed by atoms with Gasteiger partial charge in [0.25, 0.3) is 0 Å². The molecule has 2 aromatic rings. The summed E-state index contributed by atoms with van der Waals surface area (Å²) < 4.78 is 1.62. The van der Waals surface area contributed by atoms with Gasteiger partial charge in [0.1, 0.15) is 0 Å². The quantitative estimate of drug-likeness (QED) is 0.289. The molecule has 0 fully saturated rings. The van der Waals surface area contributed by atoms with E-state index in [1.54, 1.807) is 35.1 Å². The number of benzene rings is 1. The van der Waals surface area contributed by atoms with E-state index in [1.165, 1.54) is 0 Å². The summed E-state index contributed by atoms with van der Waals surface area (Å²) in [6, 6.07) is 6.83. The van der Waals surface area contributed by atoms with Crippen LogP contribution in [0.5, 0.6) is 0 Å². The summed E-state index contributed by atoms with van der Waals surface area (Å²) in [4.78, 5) is 16.6. The number of carbonyl (C=O) groups excluding carboxylic acids is 1. The molecule has 0 unspecified atom stereocenters. The first kappa shape index (κ1) is 14.6. The molecule has 110 valence electrons. The second-order valence-corrected chi connectivity index (χ2v) is 4.43. The Kier molecular flexibility index (Phi) is 4.22. The molecule has 1 heterocycles. The van der Waals surface area contributed by atoms with Crippen molar-refractivity contribution in [1.29, 1.82) is 0 Å². The predicted octanol–water partition coefficient (Wildman–Crippen LogP) is 1.27. The van der Waals surface area contributed by atoms with E-state index in [1.807, 2.05) is 13.8 Å². The van der Waals surface area contributed by atoms with Gasteiger partial charge in [-0.25, -0.2) is 4.79 Å². The van der Waals surface area contributed by atoms with Crippen LogP contribution >= 0.6 is 0 Å². The number of oxime groups is 1. The van der Waals surface area contributed by atoms with Crippen molar-refractivity contribution in [2.24, 2.45) is 10.9 Å². The highest BCUT2D eigenvalue weighted by Gasteiger charge is 2.12. The molecule has 0 bridgehead atoms. The molecular formula is C14H17N5O2. The van der Waals surface area contributed by atoms with E-state index < -0.39 is 5.97 Å². The van der Waals surface area contributed by atoms with E-state index in [0.717, 1.165) is 5.56 Å². The second-order valence-electron chi connectivity index (χ2n) is 4.43. The van der Waals surface area contributed by atoms with Crippen molar-refractivity contribution in [2.45, 2.75) is 20.4 Å². The van der Waals surface area contributed by atoms with Gasteiger partial charge in [-0.3, -0.25) is 4.68 Å². The number of carbonyl (C=O) groups is 1. The zero-order valence-electron chi connectivity index (χ0n) is 11.9. The van der Waals surface area contributed by atoms with Gasteiger partial charge in [0.05, 0.1) is 0 Å². The number of nitrogens with zero attached hydrogens (tertiary/aromatic N) is 3. The fraction of sp³-hybridized carbons (Fsp3) is 0.214. The van der Waals surface area contributed by atoms with Gasteiger partial charge >= 0.3 is 5.97 Å². The number of hydrogen-bond donors (Lipinski definition) is 2. The number of nitrogens with two attached hydrogens (primary N) is 2. The Bertz CT molecular complexity index is 690. The third-order valence-corrected chi connectivity index (χ3v) is 3.05. The van der Waals surface area contributed by atoms with Gasteiger partial charge in [-0.15, -0.1) is 0 Å². The monoisotopic (exact) mass is 287 g/mol. The van der Waals surface area contributed by atoms with E-state index in [2.05, 4.69) is 10.3 Å². The summed E-state index contributed by atoms with van der Waals surface area (Å²) in [6.07, 6.45) is 1.69. The van der Waals surface area contributed by atoms with Crippen LogP contribution in [0.25, 0.3) is 0 Å². The summed E-state index contributed by atoms with van der Waals surface area (Å²) in [5.74, 6) is -0.574. The molecule has 0 atom stereocenters. The molecule has 0 spiro atoms. The van der Waals surface area contributed by atoms with Crippen LogP contribution in [-0.2, 0) is 11.4 Å². The molecule has 4 N–H and O–H groups in total. The molecule has 0 saturated heterocycles. The minimum absolute atomic E-state index is 0.0862. The topological polar surface area (TPSA) is 109 Å². The van der Waals surface area contributed by atoms with E-state index >= 15 is 0 Å². The normalized spacial score (nSPS) is 11.4. The number of anilines is 1. The maximum absolute atomic E-state index is 11.8. The minimum Gasteiger partial charge on any atom is -0.398 e. The molecule has 2 rings (SSSR count). The smallest absolute Gasteiger partial charge is 0.385 e. The van der Waals surface area contributed by atoms with E-state index in [9.17, 15) is 4.79 Å². The van der Waals surface area contributed by atoms with Gasteiger partial charge in [-0.1, -0.05) is 17.3 Å². The van der Waals surface area contributed by atoms with Crippen molar-refractivity contribution in [3.63, 3.8) is 0 Å². The van der Waals surface area contributed by atoms with Crippen LogP contribution < -0.4 is 11.5 Å². The van der Waals surface area contributed by atoms with Crippen LogP contribution in [0.15, 0.2) is 35.6 Å². The number of amidine groups is 1. The number of hydrogen-bond acceptors (Lipinski definition) is 5. The van der Waals surface area contributed by atoms with E-state index in [-0.39, 0.29) is 11.5 Å². The molecule has 0 radical (unpaired) electrons. The average Bonchev–Trinajstić information content (AvgIpc) is 2.96. The first-order valence-electron chi connectivity index (χ1n) is 6.46. The maximum Gasteiger partial charge on any atom is 0.385 e. The molecule has 1 aromatic carbocycles. The van der Waals surface area contributed by atoms with Crippen LogP contribution in [0.2, 0.25) is 0 Å². The Morgan fingerprint density at radius 2 is 2.19 bits per heavy atom. The Morgan fingerprint density at radius 1 is 1.43 bits per heavy atom. The van der Waals surface area contributed by atoms with Gasteiger partial charge in [0.2, 0.25) is 0 Å². The Morgan fingerprint density at radius 3 is 2.86 bits per heavy atom. The lowest BCUT2D eigenvalue weighted by Gasteiger charge is -2.06. The standard InChI is InChI=1S/C14H17N5O2/c1-3-19-8-7-12(17-19)14(20)21-18-13(16)10-5-4-6-11(15)9(10)2/h4-8H,3,15H2,1-2H3,(H2,16,18). The average molecular weight is 287 g/mol. The van der Waals surface area contributed by atoms with Crippen molar-refractivity contribution in [2.75, 3.05) is 5.73 Å². The zero-order valence-corrected chi connectivity index (χ0v) is 11.9. The van der Waals surface area contributed by atoms with Crippen LogP contribution in [0.3, 0.4) is 0 Å². The molecule has 0 amide bonds. The number of aromatic nitrogens is 2. The van der Waals surface area contributed by atoms with Gasteiger partial charge in [-0.05, 0) is 31.5 Å². The molecule has 0 aliphatic carbocycles. The lowest BCUT2D eigenvalue weighted by Crippen LogP contribution is -2.17. The number of rotatable bonds is 4. The summed E-state index contributed by atoms with van der Waals surface area (Å²) in [6.45, 7) is 4.40. The Labute approximate surface area is 122 Å². The molecule has 7 nitrogen and oxygen atoms in total. The van der Waals surface area contributed by atoms with Crippen LogP contribution in [0, 0.1) is 6.92 Å². The lowest BCUT2D eigenvalue weighted by molar-refractivity contribution is 0.0508. The number of nitrogen functional groups attached to an aromatic ring is 1. The van der Waals surface area contributed by atoms with Gasteiger partial charge in [0, 0.05) is 24.0 Å². The highest BCUT2D eigenvalue weighted by molar-refractivity contribution is 6.00. The summed E-state index contributed by atoms with van der Waals surface area (Å²) >= 11 is 0. The Balaban J connectivity index is 2.13. The fourth-order valence-corrected chi connectivity index (χ4v) is 1.76. The van der Waals surface area contributed by atoms with Crippen LogP contribution in [0.1, 0.15) is 28.5 Å². The van der Waals surface area contributed by atoms with Crippen LogP contribution in [0.4, 0.5) is 5.69 Å². The fourth-order valence-electron chi connectivity index (χ4n) is 1.76. The van der Waals surface area contributed by atoms with E-state index in [0.29, 0.717) is 17.8 Å². The maximum atomic E-state index is 11.8. The van der Waals surface area contributed by atoms with Crippen molar-refractivity contribution >= 4 is 17.5 Å². The summed E-state index contributed by atoms with van der Waals surface area (Å²) in [7, 11) is 0. The molecule has 21 heavy (non-hydrogen) atoms. The first-order valence-corrected chi connectivity index (χ1v) is 6.46. The SMILES string of the molecule is CCn1ccc(C(=O)O/N=C(\N)c2cccc(N)c2C)n1. The Hall–Kier alpha value is -2.83. The first-order chi connectivity index (χ1) is 10.0. The molecule has 0 saturated carbocycles.